The number of carbonyl (C=O) groups excluding carboxylic acids is 1. The predicted octanol–water partition coefficient (Wildman–Crippen LogP) is 1.31. The van der Waals surface area contributed by atoms with Crippen LogP contribution >= 0.6 is 0 Å². The number of hydrogen-bond acceptors (Lipinski definition) is 3. The van der Waals surface area contributed by atoms with E-state index in [1.165, 1.54) is 11.1 Å². The van der Waals surface area contributed by atoms with Crippen LogP contribution in [0.15, 0.2) is 12.1 Å². The van der Waals surface area contributed by atoms with Crippen molar-refractivity contribution in [1.82, 2.24) is 5.32 Å². The van der Waals surface area contributed by atoms with E-state index in [2.05, 4.69) is 11.4 Å². The second-order valence-corrected chi connectivity index (χ2v) is 4.16. The van der Waals surface area contributed by atoms with Crippen LogP contribution in [0.4, 0.5) is 0 Å². The molecule has 4 heteroatoms. The molecule has 0 spiro atoms. The van der Waals surface area contributed by atoms with Crippen molar-refractivity contribution in [3.63, 3.8) is 0 Å². The molecule has 1 aliphatic rings. The van der Waals surface area contributed by atoms with Crippen molar-refractivity contribution in [2.24, 2.45) is 0 Å². The number of rotatable bonds is 4. The van der Waals surface area contributed by atoms with E-state index in [9.17, 15) is 4.79 Å². The molecule has 0 bridgehead atoms. The van der Waals surface area contributed by atoms with Crippen molar-refractivity contribution in [2.45, 2.75) is 25.3 Å². The highest BCUT2D eigenvalue weighted by molar-refractivity contribution is 5.53. The van der Waals surface area contributed by atoms with Gasteiger partial charge in [0.05, 0.1) is 14.2 Å². The Morgan fingerprint density at radius 1 is 1.35 bits per heavy atom. The van der Waals surface area contributed by atoms with Crippen molar-refractivity contribution < 1.29 is 14.3 Å². The zero-order valence-corrected chi connectivity index (χ0v) is 10.2. The molecule has 4 nitrogen and oxygen atoms in total. The Balaban J connectivity index is 2.31. The van der Waals surface area contributed by atoms with Crippen LogP contribution in [0.2, 0.25) is 0 Å². The summed E-state index contributed by atoms with van der Waals surface area (Å²) >= 11 is 0. The molecule has 17 heavy (non-hydrogen) atoms. The van der Waals surface area contributed by atoms with Gasteiger partial charge >= 0.3 is 0 Å². The van der Waals surface area contributed by atoms with E-state index in [0.717, 1.165) is 37.2 Å². The Labute approximate surface area is 101 Å². The van der Waals surface area contributed by atoms with Gasteiger partial charge in [-0.05, 0) is 30.9 Å². The summed E-state index contributed by atoms with van der Waals surface area (Å²) in [5, 5.41) is 2.84. The van der Waals surface area contributed by atoms with Gasteiger partial charge in [0.2, 0.25) is 6.41 Å². The Bertz CT molecular complexity index is 417. The van der Waals surface area contributed by atoms with E-state index in [0.29, 0.717) is 0 Å². The lowest BCUT2D eigenvalue weighted by Gasteiger charge is -2.26. The fraction of sp³-hybridized carbons (Fsp3) is 0.462. The number of amides is 1. The maximum Gasteiger partial charge on any atom is 0.207 e. The first-order valence-electron chi connectivity index (χ1n) is 5.72. The average molecular weight is 235 g/mol. The Morgan fingerprint density at radius 3 is 2.82 bits per heavy atom. The standard InChI is InChI=1S/C13H17NO3/c1-16-12-6-3-9-7-10(14-8-15)4-5-11(9)13(12)17-2/h3,6,8,10H,4-5,7H2,1-2H3,(H,14,15)/t10-/m1/s1. The lowest BCUT2D eigenvalue weighted by atomic mass is 9.87. The molecule has 1 amide bonds. The quantitative estimate of drug-likeness (QED) is 0.800. The van der Waals surface area contributed by atoms with Gasteiger partial charge in [-0.1, -0.05) is 6.07 Å². The van der Waals surface area contributed by atoms with Crippen molar-refractivity contribution >= 4 is 6.41 Å². The SMILES string of the molecule is COc1ccc2c(c1OC)CC[C@@H](NC=O)C2. The molecule has 2 rings (SSSR count). The number of benzene rings is 1. The van der Waals surface area contributed by atoms with Gasteiger partial charge < -0.3 is 14.8 Å². The molecule has 0 unspecified atom stereocenters. The van der Waals surface area contributed by atoms with E-state index in [1.54, 1.807) is 14.2 Å². The molecule has 0 fully saturated rings. The second kappa shape index (κ2) is 5.08. The van der Waals surface area contributed by atoms with E-state index in [1.807, 2.05) is 6.07 Å². The Kier molecular flexibility index (Phi) is 3.52. The van der Waals surface area contributed by atoms with Crippen molar-refractivity contribution in [3.05, 3.63) is 23.3 Å². The van der Waals surface area contributed by atoms with Crippen LogP contribution in [0, 0.1) is 0 Å². The van der Waals surface area contributed by atoms with E-state index < -0.39 is 0 Å². The zero-order chi connectivity index (χ0) is 12.3. The minimum Gasteiger partial charge on any atom is -0.493 e. The van der Waals surface area contributed by atoms with Gasteiger partial charge in [-0.25, -0.2) is 0 Å². The highest BCUT2D eigenvalue weighted by atomic mass is 16.5. The molecule has 1 aromatic carbocycles. The van der Waals surface area contributed by atoms with Gasteiger partial charge in [0.25, 0.3) is 0 Å². The van der Waals surface area contributed by atoms with Gasteiger partial charge in [0.15, 0.2) is 11.5 Å². The van der Waals surface area contributed by atoms with Gasteiger partial charge in [0.1, 0.15) is 0 Å². The molecular formula is C13H17NO3. The summed E-state index contributed by atoms with van der Waals surface area (Å²) in [6.45, 7) is 0. The highest BCUT2D eigenvalue weighted by Crippen LogP contribution is 2.37. The molecule has 0 saturated carbocycles. The minimum atomic E-state index is 0.234. The van der Waals surface area contributed by atoms with Gasteiger partial charge in [-0.3, -0.25) is 4.79 Å². The molecular weight excluding hydrogens is 218 g/mol. The molecule has 0 aliphatic heterocycles. The fourth-order valence-corrected chi connectivity index (χ4v) is 2.42. The first-order chi connectivity index (χ1) is 8.30. The average Bonchev–Trinajstić information content (AvgIpc) is 2.37. The third-order valence-electron chi connectivity index (χ3n) is 3.26. The van der Waals surface area contributed by atoms with Crippen LogP contribution < -0.4 is 14.8 Å². The normalized spacial score (nSPS) is 18.1. The van der Waals surface area contributed by atoms with Crippen LogP contribution in [0.3, 0.4) is 0 Å². The summed E-state index contributed by atoms with van der Waals surface area (Å²) in [4.78, 5) is 10.5. The molecule has 1 N–H and O–H groups in total. The van der Waals surface area contributed by atoms with Crippen LogP contribution in [0.5, 0.6) is 11.5 Å². The topological polar surface area (TPSA) is 47.6 Å². The minimum absolute atomic E-state index is 0.234. The summed E-state index contributed by atoms with van der Waals surface area (Å²) in [7, 11) is 3.30. The van der Waals surface area contributed by atoms with Crippen molar-refractivity contribution in [1.29, 1.82) is 0 Å². The number of ether oxygens (including phenoxy) is 2. The van der Waals surface area contributed by atoms with E-state index in [4.69, 9.17) is 9.47 Å². The summed E-state index contributed by atoms with van der Waals surface area (Å²) in [6, 6.07) is 4.20. The van der Waals surface area contributed by atoms with Gasteiger partial charge in [-0.2, -0.15) is 0 Å². The highest BCUT2D eigenvalue weighted by Gasteiger charge is 2.22. The van der Waals surface area contributed by atoms with Crippen LogP contribution in [0.1, 0.15) is 17.5 Å². The summed E-state index contributed by atoms with van der Waals surface area (Å²) in [6.07, 6.45) is 3.47. The Hall–Kier alpha value is -1.71. The summed E-state index contributed by atoms with van der Waals surface area (Å²) in [5.41, 5.74) is 2.43. The van der Waals surface area contributed by atoms with Crippen LogP contribution in [0.25, 0.3) is 0 Å². The predicted molar refractivity (Wildman–Crippen MR) is 64.6 cm³/mol. The van der Waals surface area contributed by atoms with E-state index in [-0.39, 0.29) is 6.04 Å². The largest absolute Gasteiger partial charge is 0.493 e. The third-order valence-corrected chi connectivity index (χ3v) is 3.26. The Morgan fingerprint density at radius 2 is 2.18 bits per heavy atom. The summed E-state index contributed by atoms with van der Waals surface area (Å²) in [5.74, 6) is 1.60. The first kappa shape index (κ1) is 11.8. The second-order valence-electron chi connectivity index (χ2n) is 4.16. The lowest BCUT2D eigenvalue weighted by molar-refractivity contribution is -0.110. The molecule has 1 aromatic rings. The van der Waals surface area contributed by atoms with Crippen LogP contribution in [-0.4, -0.2) is 26.7 Å². The van der Waals surface area contributed by atoms with Gasteiger partial charge in [0, 0.05) is 11.6 Å². The van der Waals surface area contributed by atoms with Crippen LogP contribution in [-0.2, 0) is 17.6 Å². The molecule has 0 heterocycles. The smallest absolute Gasteiger partial charge is 0.207 e. The van der Waals surface area contributed by atoms with Crippen molar-refractivity contribution in [2.75, 3.05) is 14.2 Å². The molecule has 1 atom stereocenters. The molecule has 0 aromatic heterocycles. The third kappa shape index (κ3) is 2.20. The number of nitrogens with one attached hydrogen (secondary N) is 1. The zero-order valence-electron chi connectivity index (χ0n) is 10.2. The molecule has 0 radical (unpaired) electrons. The number of carbonyl (C=O) groups is 1. The van der Waals surface area contributed by atoms with Gasteiger partial charge in [-0.15, -0.1) is 0 Å². The monoisotopic (exact) mass is 235 g/mol. The maximum atomic E-state index is 10.5. The number of methoxy groups -OCH3 is 2. The molecule has 0 saturated heterocycles. The molecule has 1 aliphatic carbocycles. The van der Waals surface area contributed by atoms with Crippen molar-refractivity contribution in [3.8, 4) is 11.5 Å². The fourth-order valence-electron chi connectivity index (χ4n) is 2.42. The van der Waals surface area contributed by atoms with E-state index >= 15 is 0 Å². The maximum absolute atomic E-state index is 10.5. The summed E-state index contributed by atoms with van der Waals surface area (Å²) < 4.78 is 10.7. The first-order valence-corrected chi connectivity index (χ1v) is 5.72. The number of hydrogen-bond donors (Lipinski definition) is 1. The molecule has 92 valence electrons. The number of fused-ring (bicyclic) bond motifs is 1. The lowest BCUT2D eigenvalue weighted by Crippen LogP contribution is -2.33.